The molecule has 0 radical (unpaired) electrons. The second kappa shape index (κ2) is 15.6. The van der Waals surface area contributed by atoms with Crippen molar-refractivity contribution < 1.29 is 29.6 Å². The van der Waals surface area contributed by atoms with Crippen LogP contribution < -0.4 is 0 Å². The normalized spacial score (nSPS) is 28.5. The highest BCUT2D eigenvalue weighted by atomic mass is 16.7. The van der Waals surface area contributed by atoms with Gasteiger partial charge in [0.25, 0.3) is 0 Å². The minimum atomic E-state index is -1.29. The Kier molecular flexibility index (Phi) is 13.2. The molecule has 0 aromatic heterocycles. The van der Waals surface area contributed by atoms with E-state index in [1.54, 1.807) is 0 Å². The maximum Gasteiger partial charge on any atom is 0.332 e. The maximum atomic E-state index is 10.7. The number of carbonyl (C=O) groups is 1. The highest BCUT2D eigenvalue weighted by Crippen LogP contribution is 2.40. The van der Waals surface area contributed by atoms with Crippen LogP contribution in [-0.2, 0) is 14.3 Å². The lowest BCUT2D eigenvalue weighted by Gasteiger charge is -2.27. The Morgan fingerprint density at radius 1 is 1.12 bits per heavy atom. The van der Waals surface area contributed by atoms with Crippen molar-refractivity contribution in [3.05, 3.63) is 24.3 Å². The van der Waals surface area contributed by atoms with Gasteiger partial charge in [-0.1, -0.05) is 50.5 Å². The van der Waals surface area contributed by atoms with Gasteiger partial charge in [-0.25, -0.2) is 4.79 Å². The molecular weight excluding hydrogens is 408 g/mol. The molecule has 6 heteroatoms. The molecule has 2 rings (SSSR count). The van der Waals surface area contributed by atoms with Crippen LogP contribution in [-0.4, -0.2) is 53.0 Å². The van der Waals surface area contributed by atoms with Gasteiger partial charge in [0, 0.05) is 13.2 Å². The topological polar surface area (TPSA) is 96.2 Å². The van der Waals surface area contributed by atoms with Crippen LogP contribution in [0.4, 0.5) is 0 Å². The van der Waals surface area contributed by atoms with Gasteiger partial charge in [-0.2, -0.15) is 0 Å². The molecule has 0 bridgehead atoms. The van der Waals surface area contributed by atoms with Crippen molar-refractivity contribution in [2.75, 3.05) is 13.2 Å². The molecule has 0 spiro atoms. The maximum absolute atomic E-state index is 10.7. The Balaban J connectivity index is 1.92. The fraction of sp³-hybridized carbons (Fsp3) is 0.808. The summed E-state index contributed by atoms with van der Waals surface area (Å²) in [5.41, 5.74) is 0. The summed E-state index contributed by atoms with van der Waals surface area (Å²) in [5, 5.41) is 28.0. The Morgan fingerprint density at radius 3 is 2.62 bits per heavy atom. The zero-order valence-corrected chi connectivity index (χ0v) is 19.7. The van der Waals surface area contributed by atoms with Gasteiger partial charge in [0.15, 0.2) is 12.4 Å². The average molecular weight is 453 g/mol. The molecule has 32 heavy (non-hydrogen) atoms. The molecule has 1 saturated heterocycles. The summed E-state index contributed by atoms with van der Waals surface area (Å²) in [5.74, 6) is -0.106. The monoisotopic (exact) mass is 452 g/mol. The first-order valence-corrected chi connectivity index (χ1v) is 12.7. The van der Waals surface area contributed by atoms with E-state index in [0.717, 1.165) is 58.0 Å². The van der Waals surface area contributed by atoms with E-state index in [1.807, 2.05) is 6.08 Å². The van der Waals surface area contributed by atoms with Gasteiger partial charge in [0.05, 0.1) is 6.10 Å². The highest BCUT2D eigenvalue weighted by molar-refractivity contribution is 5.71. The Bertz CT molecular complexity index is 569. The van der Waals surface area contributed by atoms with Gasteiger partial charge >= 0.3 is 5.97 Å². The highest BCUT2D eigenvalue weighted by Gasteiger charge is 2.33. The second-order valence-electron chi connectivity index (χ2n) is 9.35. The van der Waals surface area contributed by atoms with Crippen molar-refractivity contribution in [1.29, 1.82) is 0 Å². The van der Waals surface area contributed by atoms with E-state index in [2.05, 4.69) is 25.2 Å². The predicted molar refractivity (Wildman–Crippen MR) is 125 cm³/mol. The second-order valence-corrected chi connectivity index (χ2v) is 9.35. The van der Waals surface area contributed by atoms with E-state index in [1.165, 1.54) is 12.8 Å². The molecule has 1 heterocycles. The van der Waals surface area contributed by atoms with Gasteiger partial charge < -0.3 is 24.8 Å². The summed E-state index contributed by atoms with van der Waals surface area (Å²) >= 11 is 0. The zero-order valence-electron chi connectivity index (χ0n) is 19.7. The molecular formula is C26H44O6. The summed E-state index contributed by atoms with van der Waals surface area (Å²) in [7, 11) is 0. The minimum Gasteiger partial charge on any atom is -0.479 e. The number of hydrogen-bond donors (Lipinski definition) is 3. The molecule has 1 aliphatic carbocycles. The number of rotatable bonds is 15. The first-order valence-electron chi connectivity index (χ1n) is 12.7. The van der Waals surface area contributed by atoms with Crippen molar-refractivity contribution in [1.82, 2.24) is 0 Å². The predicted octanol–water partition coefficient (Wildman–Crippen LogP) is 4.84. The van der Waals surface area contributed by atoms with Crippen molar-refractivity contribution in [3.63, 3.8) is 0 Å². The Morgan fingerprint density at radius 2 is 1.94 bits per heavy atom. The molecule has 6 atom stereocenters. The van der Waals surface area contributed by atoms with Gasteiger partial charge in [0.2, 0.25) is 0 Å². The molecule has 0 aromatic rings. The van der Waals surface area contributed by atoms with E-state index in [4.69, 9.17) is 14.6 Å². The first-order chi connectivity index (χ1) is 15.5. The number of unbranched alkanes of at least 4 members (excludes halogenated alkanes) is 2. The molecule has 0 aromatic carbocycles. The summed E-state index contributed by atoms with van der Waals surface area (Å²) in [6.45, 7) is 3.19. The molecule has 2 fully saturated rings. The SMILES string of the molecule is CCCCCC(/C=C/[C@H]1[C@H](CO)CC[C@@H]1C/C=C\CCC(O)C(=O)O)OC1CCCCO1. The van der Waals surface area contributed by atoms with E-state index in [-0.39, 0.29) is 31.3 Å². The number of aliphatic hydroxyl groups excluding tert-OH is 2. The van der Waals surface area contributed by atoms with Crippen molar-refractivity contribution >= 4 is 5.97 Å². The number of ether oxygens (including phenoxy) is 2. The Hall–Kier alpha value is -1.21. The minimum absolute atomic E-state index is 0.0540. The molecule has 1 aliphatic heterocycles. The lowest BCUT2D eigenvalue weighted by molar-refractivity contribution is -0.179. The van der Waals surface area contributed by atoms with E-state index >= 15 is 0 Å². The average Bonchev–Trinajstić information content (AvgIpc) is 3.19. The van der Waals surface area contributed by atoms with Crippen molar-refractivity contribution in [3.8, 4) is 0 Å². The molecule has 6 nitrogen and oxygen atoms in total. The van der Waals surface area contributed by atoms with Crippen molar-refractivity contribution in [2.45, 2.75) is 102 Å². The Labute approximate surface area is 193 Å². The fourth-order valence-electron chi connectivity index (χ4n) is 4.84. The van der Waals surface area contributed by atoms with E-state index in [9.17, 15) is 15.0 Å². The van der Waals surface area contributed by atoms with Crippen LogP contribution in [0.25, 0.3) is 0 Å². The summed E-state index contributed by atoms with van der Waals surface area (Å²) in [4.78, 5) is 10.7. The van der Waals surface area contributed by atoms with Crippen molar-refractivity contribution in [2.24, 2.45) is 17.8 Å². The number of hydrogen-bond acceptors (Lipinski definition) is 5. The summed E-state index contributed by atoms with van der Waals surface area (Å²) < 4.78 is 12.1. The van der Waals surface area contributed by atoms with Gasteiger partial charge in [-0.05, 0) is 75.5 Å². The third-order valence-corrected chi connectivity index (χ3v) is 6.83. The van der Waals surface area contributed by atoms with Crippen LogP contribution >= 0.6 is 0 Å². The van der Waals surface area contributed by atoms with Crippen LogP contribution in [0, 0.1) is 17.8 Å². The number of carboxylic acid groups (broad SMARTS) is 1. The quantitative estimate of drug-likeness (QED) is 0.243. The standard InChI is InChI=1S/C26H44O6/c1-2-3-5-11-22(32-25-13-8-9-18-31-25)16-17-23-20(14-15-21(23)19-27)10-6-4-7-12-24(28)26(29)30/h4,6,16-17,20-25,27-28H,2-3,5,7-15,18-19H2,1H3,(H,29,30)/b6-4-,17-16+/t20-,21-,22?,23+,24?,25?/m0/s1. The third-order valence-electron chi connectivity index (χ3n) is 6.83. The number of aliphatic hydroxyl groups is 2. The number of allylic oxidation sites excluding steroid dienone is 3. The molecule has 3 unspecified atom stereocenters. The number of carboxylic acids is 1. The lowest BCUT2D eigenvalue weighted by atomic mass is 9.86. The van der Waals surface area contributed by atoms with Crippen LogP contribution in [0.1, 0.15) is 84.0 Å². The van der Waals surface area contributed by atoms with Gasteiger partial charge in [-0.3, -0.25) is 0 Å². The van der Waals surface area contributed by atoms with Crippen LogP contribution in [0.5, 0.6) is 0 Å². The first kappa shape index (κ1) is 27.0. The third kappa shape index (κ3) is 9.74. The molecule has 184 valence electrons. The molecule has 0 amide bonds. The molecule has 2 aliphatic rings. The van der Waals surface area contributed by atoms with E-state index in [0.29, 0.717) is 18.3 Å². The van der Waals surface area contributed by atoms with E-state index < -0.39 is 12.1 Å². The fourth-order valence-corrected chi connectivity index (χ4v) is 4.84. The summed E-state index contributed by atoms with van der Waals surface area (Å²) in [6.07, 6.45) is 18.8. The largest absolute Gasteiger partial charge is 0.479 e. The van der Waals surface area contributed by atoms with Crippen LogP contribution in [0.15, 0.2) is 24.3 Å². The van der Waals surface area contributed by atoms with Gasteiger partial charge in [-0.15, -0.1) is 0 Å². The van der Waals surface area contributed by atoms with Crippen LogP contribution in [0.3, 0.4) is 0 Å². The number of aliphatic carboxylic acids is 1. The lowest BCUT2D eigenvalue weighted by Crippen LogP contribution is -2.27. The molecule has 3 N–H and O–H groups in total. The smallest absolute Gasteiger partial charge is 0.332 e. The molecule has 1 saturated carbocycles. The zero-order chi connectivity index (χ0) is 23.2. The summed E-state index contributed by atoms with van der Waals surface area (Å²) in [6, 6.07) is 0. The van der Waals surface area contributed by atoms with Gasteiger partial charge in [0.1, 0.15) is 0 Å². The van der Waals surface area contributed by atoms with Crippen LogP contribution in [0.2, 0.25) is 0 Å².